The number of hydrogen-bond donors (Lipinski definition) is 0. The Kier molecular flexibility index (Phi) is 5.26. The molecule has 0 unspecified atom stereocenters. The average Bonchev–Trinajstić information content (AvgIpc) is 2.79. The molecule has 0 atom stereocenters. The molecule has 0 aliphatic rings. The van der Waals surface area contributed by atoms with Crippen molar-refractivity contribution in [2.75, 3.05) is 5.75 Å². The van der Waals surface area contributed by atoms with Gasteiger partial charge in [-0.05, 0) is 42.5 Å². The molecule has 0 bridgehead atoms. The lowest BCUT2D eigenvalue weighted by atomic mass is 10.2. The first-order valence-electron chi connectivity index (χ1n) is 6.24. The van der Waals surface area contributed by atoms with Crippen LogP contribution < -0.4 is 4.74 Å². The molecule has 2 aromatic rings. The molecule has 1 heterocycles. The maximum Gasteiger partial charge on any atom is 0.387 e. The van der Waals surface area contributed by atoms with E-state index in [0.29, 0.717) is 11.0 Å². The third-order valence-corrected chi connectivity index (χ3v) is 3.27. The summed E-state index contributed by atoms with van der Waals surface area (Å²) in [6, 6.07) is 6.23. The molecule has 2 rings (SSSR count). The van der Waals surface area contributed by atoms with Gasteiger partial charge in [0.05, 0.1) is 6.21 Å². The summed E-state index contributed by atoms with van der Waals surface area (Å²) in [6.07, 6.45) is 1.61. The van der Waals surface area contributed by atoms with Crippen LogP contribution in [0.5, 0.6) is 5.75 Å². The topological polar surface area (TPSA) is 52.3 Å². The van der Waals surface area contributed by atoms with Crippen molar-refractivity contribution in [1.82, 2.24) is 14.9 Å². The van der Waals surface area contributed by atoms with Crippen molar-refractivity contribution in [3.63, 3.8) is 0 Å². The van der Waals surface area contributed by atoms with Crippen LogP contribution in [0.25, 0.3) is 0 Å². The van der Waals surface area contributed by atoms with E-state index in [0.717, 1.165) is 11.3 Å². The Hall–Kier alpha value is -1.96. The van der Waals surface area contributed by atoms with Crippen molar-refractivity contribution in [3.8, 4) is 5.75 Å². The molecule has 0 fully saturated rings. The van der Waals surface area contributed by atoms with Crippen molar-refractivity contribution >= 4 is 18.0 Å². The summed E-state index contributed by atoms with van der Waals surface area (Å²) in [6.45, 7) is 1.01. The fourth-order valence-electron chi connectivity index (χ4n) is 1.55. The van der Waals surface area contributed by atoms with Gasteiger partial charge >= 0.3 is 6.61 Å². The van der Waals surface area contributed by atoms with Gasteiger partial charge in [-0.3, -0.25) is 0 Å². The van der Waals surface area contributed by atoms with Gasteiger partial charge in [0.1, 0.15) is 5.75 Å². The van der Waals surface area contributed by atoms with E-state index in [1.54, 1.807) is 23.0 Å². The summed E-state index contributed by atoms with van der Waals surface area (Å²) in [4.78, 5) is 0. The lowest BCUT2D eigenvalue weighted by molar-refractivity contribution is -0.0498. The van der Waals surface area contributed by atoms with Gasteiger partial charge in [-0.15, -0.1) is 10.2 Å². The van der Waals surface area contributed by atoms with Gasteiger partial charge in [0.2, 0.25) is 5.16 Å². The van der Waals surface area contributed by atoms with Crippen LogP contribution in [0, 0.1) is 6.92 Å². The standard InChI is InChI=1S/C13H14F2N4OS/c1-3-21-13-18-17-9(2)19(13)16-8-10-4-6-11(7-5-10)20-12(14)15/h4-8,12H,3H2,1-2H3. The average molecular weight is 312 g/mol. The second-order valence-corrected chi connectivity index (χ2v) is 5.20. The molecular weight excluding hydrogens is 298 g/mol. The van der Waals surface area contributed by atoms with E-state index in [9.17, 15) is 8.78 Å². The molecule has 0 spiro atoms. The molecule has 8 heteroatoms. The van der Waals surface area contributed by atoms with Gasteiger partial charge in [0.15, 0.2) is 5.82 Å². The van der Waals surface area contributed by atoms with Crippen molar-refractivity contribution in [3.05, 3.63) is 35.7 Å². The Morgan fingerprint density at radius 2 is 2.05 bits per heavy atom. The Balaban J connectivity index is 2.12. The maximum absolute atomic E-state index is 12.0. The number of aryl methyl sites for hydroxylation is 1. The van der Waals surface area contributed by atoms with Crippen molar-refractivity contribution in [2.45, 2.75) is 25.6 Å². The molecule has 21 heavy (non-hydrogen) atoms. The van der Waals surface area contributed by atoms with Crippen LogP contribution in [0.15, 0.2) is 34.5 Å². The molecule has 0 radical (unpaired) electrons. The van der Waals surface area contributed by atoms with Crippen LogP contribution in [0.1, 0.15) is 18.3 Å². The second-order valence-electron chi connectivity index (χ2n) is 3.97. The zero-order chi connectivity index (χ0) is 15.2. The molecular formula is C13H14F2N4OS. The summed E-state index contributed by atoms with van der Waals surface area (Å²) in [5.41, 5.74) is 0.761. The predicted molar refractivity (Wildman–Crippen MR) is 77.2 cm³/mol. The number of hydrogen-bond acceptors (Lipinski definition) is 5. The van der Waals surface area contributed by atoms with Gasteiger partial charge in [0, 0.05) is 0 Å². The molecule has 0 aliphatic heterocycles. The zero-order valence-corrected chi connectivity index (χ0v) is 12.3. The third kappa shape index (κ3) is 4.25. The molecule has 0 N–H and O–H groups in total. The summed E-state index contributed by atoms with van der Waals surface area (Å²) >= 11 is 1.54. The molecule has 0 saturated carbocycles. The number of halogens is 2. The maximum atomic E-state index is 12.0. The van der Waals surface area contributed by atoms with Gasteiger partial charge in [-0.1, -0.05) is 18.7 Å². The number of aromatic nitrogens is 3. The molecule has 1 aromatic heterocycles. The first-order valence-corrected chi connectivity index (χ1v) is 7.22. The Labute approximate surface area is 125 Å². The molecule has 0 amide bonds. The lowest BCUT2D eigenvalue weighted by Crippen LogP contribution is -2.01. The first-order chi connectivity index (χ1) is 10.1. The van der Waals surface area contributed by atoms with E-state index >= 15 is 0 Å². The minimum absolute atomic E-state index is 0.116. The second kappa shape index (κ2) is 7.16. The minimum Gasteiger partial charge on any atom is -0.435 e. The first kappa shape index (κ1) is 15.4. The Bertz CT molecular complexity index is 613. The Morgan fingerprint density at radius 1 is 1.33 bits per heavy atom. The summed E-state index contributed by atoms with van der Waals surface area (Å²) in [5.74, 6) is 1.66. The number of rotatable bonds is 6. The molecule has 0 aliphatic carbocycles. The van der Waals surface area contributed by atoms with Gasteiger partial charge in [-0.25, -0.2) is 0 Å². The van der Waals surface area contributed by atoms with Crippen LogP contribution in [0.3, 0.4) is 0 Å². The minimum atomic E-state index is -2.82. The van der Waals surface area contributed by atoms with E-state index in [2.05, 4.69) is 20.0 Å². The molecule has 0 saturated heterocycles. The highest BCUT2D eigenvalue weighted by molar-refractivity contribution is 7.99. The number of benzene rings is 1. The van der Waals surface area contributed by atoms with Gasteiger partial charge < -0.3 is 4.74 Å². The van der Waals surface area contributed by atoms with Crippen LogP contribution in [-0.4, -0.2) is 33.5 Å². The fourth-order valence-corrected chi connectivity index (χ4v) is 2.21. The number of ether oxygens (including phenoxy) is 1. The van der Waals surface area contributed by atoms with Crippen molar-refractivity contribution in [1.29, 1.82) is 0 Å². The molecule has 112 valence electrons. The predicted octanol–water partition coefficient (Wildman–Crippen LogP) is 3.18. The zero-order valence-electron chi connectivity index (χ0n) is 11.5. The number of thioether (sulfide) groups is 1. The molecule has 1 aromatic carbocycles. The van der Waals surface area contributed by atoms with E-state index in [-0.39, 0.29) is 5.75 Å². The van der Waals surface area contributed by atoms with Gasteiger partial charge in [-0.2, -0.15) is 18.6 Å². The van der Waals surface area contributed by atoms with E-state index < -0.39 is 6.61 Å². The smallest absolute Gasteiger partial charge is 0.387 e. The van der Waals surface area contributed by atoms with Crippen LogP contribution >= 0.6 is 11.8 Å². The largest absolute Gasteiger partial charge is 0.435 e. The fraction of sp³-hybridized carbons (Fsp3) is 0.308. The normalized spacial score (nSPS) is 11.5. The summed E-state index contributed by atoms with van der Waals surface area (Å²) in [7, 11) is 0. The number of alkyl halides is 2. The summed E-state index contributed by atoms with van der Waals surface area (Å²) < 4.78 is 30.0. The lowest BCUT2D eigenvalue weighted by Gasteiger charge is -2.04. The highest BCUT2D eigenvalue weighted by Crippen LogP contribution is 2.17. The van der Waals surface area contributed by atoms with E-state index in [1.807, 2.05) is 13.8 Å². The van der Waals surface area contributed by atoms with E-state index in [1.165, 1.54) is 23.9 Å². The van der Waals surface area contributed by atoms with Gasteiger partial charge in [0.25, 0.3) is 0 Å². The molecule has 5 nitrogen and oxygen atoms in total. The highest BCUT2D eigenvalue weighted by atomic mass is 32.2. The van der Waals surface area contributed by atoms with Crippen molar-refractivity contribution < 1.29 is 13.5 Å². The Morgan fingerprint density at radius 3 is 2.67 bits per heavy atom. The van der Waals surface area contributed by atoms with Crippen LogP contribution in [0.2, 0.25) is 0 Å². The van der Waals surface area contributed by atoms with E-state index in [4.69, 9.17) is 0 Å². The summed E-state index contributed by atoms with van der Waals surface area (Å²) in [5, 5.41) is 13.0. The van der Waals surface area contributed by atoms with Crippen molar-refractivity contribution in [2.24, 2.45) is 5.10 Å². The van der Waals surface area contributed by atoms with Crippen LogP contribution in [-0.2, 0) is 0 Å². The third-order valence-electron chi connectivity index (χ3n) is 2.47. The number of nitrogens with zero attached hydrogens (tertiary/aromatic N) is 4. The quantitative estimate of drug-likeness (QED) is 0.607. The highest BCUT2D eigenvalue weighted by Gasteiger charge is 2.07. The monoisotopic (exact) mass is 312 g/mol. The SMILES string of the molecule is CCSc1nnc(C)n1N=Cc1ccc(OC(F)F)cc1. The van der Waals surface area contributed by atoms with Crippen LogP contribution in [0.4, 0.5) is 8.78 Å².